The van der Waals surface area contributed by atoms with Gasteiger partial charge in [-0.2, -0.15) is 0 Å². The van der Waals surface area contributed by atoms with Gasteiger partial charge in [0.05, 0.1) is 7.11 Å². The average molecular weight is 362 g/mol. The van der Waals surface area contributed by atoms with Crippen molar-refractivity contribution >= 4 is 22.4 Å². The van der Waals surface area contributed by atoms with Crippen LogP contribution in [0.2, 0.25) is 0 Å². The second kappa shape index (κ2) is 9.53. The third-order valence-electron chi connectivity index (χ3n) is 4.02. The van der Waals surface area contributed by atoms with Crippen LogP contribution in [0.1, 0.15) is 36.8 Å². The Morgan fingerprint density at radius 2 is 2.00 bits per heavy atom. The van der Waals surface area contributed by atoms with E-state index in [4.69, 9.17) is 4.74 Å². The van der Waals surface area contributed by atoms with E-state index in [1.807, 2.05) is 26.1 Å². The van der Waals surface area contributed by atoms with Crippen LogP contribution in [0.5, 0.6) is 5.75 Å². The van der Waals surface area contributed by atoms with Crippen molar-refractivity contribution in [3.05, 3.63) is 40.4 Å². The van der Waals surface area contributed by atoms with Gasteiger partial charge in [0, 0.05) is 37.6 Å². The fourth-order valence-corrected chi connectivity index (χ4v) is 3.74. The van der Waals surface area contributed by atoms with Crippen LogP contribution in [-0.4, -0.2) is 36.0 Å². The highest BCUT2D eigenvalue weighted by Gasteiger charge is 2.16. The van der Waals surface area contributed by atoms with Crippen LogP contribution in [0.3, 0.4) is 0 Å². The van der Waals surface area contributed by atoms with Crippen molar-refractivity contribution in [3.63, 3.8) is 0 Å². The second-order valence-corrected chi connectivity index (χ2v) is 6.84. The van der Waals surface area contributed by atoms with Gasteiger partial charge in [0.15, 0.2) is 5.13 Å². The minimum absolute atomic E-state index is 0.0786. The van der Waals surface area contributed by atoms with Crippen LogP contribution in [-0.2, 0) is 24.2 Å². The number of nitrogens with one attached hydrogen (secondary N) is 1. The molecule has 1 N–H and O–H groups in total. The fraction of sp³-hybridized carbons (Fsp3) is 0.474. The smallest absolute Gasteiger partial charge is 0.223 e. The predicted octanol–water partition coefficient (Wildman–Crippen LogP) is 3.74. The molecular formula is C19H27N3O2S. The van der Waals surface area contributed by atoms with Crippen LogP contribution < -0.4 is 10.1 Å². The molecular weight excluding hydrogens is 334 g/mol. The number of hydrogen-bond acceptors (Lipinski definition) is 5. The molecule has 1 aliphatic rings. The summed E-state index contributed by atoms with van der Waals surface area (Å²) in [6, 6.07) is 6.37. The Kier molecular flexibility index (Phi) is 7.40. The normalized spacial score (nSPS) is 13.9. The average Bonchev–Trinajstić information content (AvgIpc) is 2.95. The summed E-state index contributed by atoms with van der Waals surface area (Å²) in [5.74, 6) is 0.852. The number of nitrogens with zero attached hydrogens (tertiary/aromatic N) is 2. The molecule has 0 spiro atoms. The minimum atomic E-state index is -0.0786. The third-order valence-corrected chi connectivity index (χ3v) is 4.92. The molecule has 0 bridgehead atoms. The van der Waals surface area contributed by atoms with Crippen LogP contribution in [0.15, 0.2) is 24.4 Å². The molecule has 0 fully saturated rings. The van der Waals surface area contributed by atoms with Crippen molar-refractivity contribution < 1.29 is 9.53 Å². The number of thiazole rings is 1. The van der Waals surface area contributed by atoms with Crippen molar-refractivity contribution in [2.24, 2.45) is 0 Å². The maximum Gasteiger partial charge on any atom is 0.223 e. The summed E-state index contributed by atoms with van der Waals surface area (Å²) in [5, 5.41) is 3.41. The number of carbonyl (C=O) groups is 1. The molecule has 25 heavy (non-hydrogen) atoms. The maximum absolute atomic E-state index is 11.1. The Labute approximate surface area is 154 Å². The summed E-state index contributed by atoms with van der Waals surface area (Å²) in [5.41, 5.74) is 2.80. The first-order valence-electron chi connectivity index (χ1n) is 8.74. The summed E-state index contributed by atoms with van der Waals surface area (Å²) < 4.78 is 5.32. The zero-order valence-corrected chi connectivity index (χ0v) is 16.3. The van der Waals surface area contributed by atoms with Gasteiger partial charge in [-0.25, -0.2) is 4.98 Å². The van der Waals surface area contributed by atoms with Gasteiger partial charge < -0.3 is 10.1 Å². The molecule has 136 valence electrons. The summed E-state index contributed by atoms with van der Waals surface area (Å²) in [6.07, 6.45) is 3.94. The lowest BCUT2D eigenvalue weighted by molar-refractivity contribution is -0.114. The van der Waals surface area contributed by atoms with Gasteiger partial charge in [0.2, 0.25) is 5.91 Å². The van der Waals surface area contributed by atoms with Crippen LogP contribution in [0.4, 0.5) is 5.13 Å². The SMILES string of the molecule is CC.COc1ccc2c(c1)CCN(Cc1cnc(NC(C)=O)s1)CC2. The van der Waals surface area contributed by atoms with Gasteiger partial charge in [-0.1, -0.05) is 19.9 Å². The Morgan fingerprint density at radius 3 is 2.68 bits per heavy atom. The van der Waals surface area contributed by atoms with E-state index in [2.05, 4.69) is 27.3 Å². The van der Waals surface area contributed by atoms with Crippen molar-refractivity contribution in [2.45, 2.75) is 40.2 Å². The first kappa shape index (κ1) is 19.4. The van der Waals surface area contributed by atoms with Gasteiger partial charge in [0.25, 0.3) is 0 Å². The van der Waals surface area contributed by atoms with E-state index in [0.29, 0.717) is 5.13 Å². The molecule has 3 rings (SSSR count). The number of rotatable bonds is 4. The monoisotopic (exact) mass is 361 g/mol. The van der Waals surface area contributed by atoms with E-state index in [1.165, 1.54) is 22.9 Å². The summed E-state index contributed by atoms with van der Waals surface area (Å²) >= 11 is 1.55. The first-order chi connectivity index (χ1) is 12.1. The Bertz CT molecular complexity index is 700. The molecule has 1 aliphatic heterocycles. The predicted molar refractivity (Wildman–Crippen MR) is 103 cm³/mol. The maximum atomic E-state index is 11.1. The quantitative estimate of drug-likeness (QED) is 0.901. The number of aromatic nitrogens is 1. The lowest BCUT2D eigenvalue weighted by atomic mass is 10.0. The number of hydrogen-bond donors (Lipinski definition) is 1. The largest absolute Gasteiger partial charge is 0.497 e. The number of methoxy groups -OCH3 is 1. The Balaban J connectivity index is 0.00000109. The van der Waals surface area contributed by atoms with Crippen LogP contribution in [0, 0.1) is 0 Å². The number of amides is 1. The molecule has 0 saturated carbocycles. The standard InChI is InChI=1S/C17H21N3O2S.C2H6/c1-12(21)19-17-18-10-16(23-17)11-20-7-5-13-3-4-15(22-2)9-14(13)6-8-20;1-2/h3-4,9-10H,5-8,11H2,1-2H3,(H,18,19,21);1-2H3. The van der Waals surface area contributed by atoms with Gasteiger partial charge in [0.1, 0.15) is 5.75 Å². The van der Waals surface area contributed by atoms with Crippen molar-refractivity contribution in [1.82, 2.24) is 9.88 Å². The molecule has 1 amide bonds. The lowest BCUT2D eigenvalue weighted by Gasteiger charge is -2.18. The Hall–Kier alpha value is -1.92. The summed E-state index contributed by atoms with van der Waals surface area (Å²) in [4.78, 5) is 18.9. The van der Waals surface area contributed by atoms with E-state index in [-0.39, 0.29) is 5.91 Å². The zero-order valence-electron chi connectivity index (χ0n) is 15.5. The number of anilines is 1. The molecule has 0 radical (unpaired) electrons. The molecule has 0 aliphatic carbocycles. The number of ether oxygens (including phenoxy) is 1. The van der Waals surface area contributed by atoms with E-state index in [9.17, 15) is 4.79 Å². The van der Waals surface area contributed by atoms with Crippen LogP contribution in [0.25, 0.3) is 0 Å². The molecule has 2 aromatic rings. The minimum Gasteiger partial charge on any atom is -0.497 e. The van der Waals surface area contributed by atoms with Crippen molar-refractivity contribution in [2.75, 3.05) is 25.5 Å². The number of fused-ring (bicyclic) bond motifs is 1. The zero-order chi connectivity index (χ0) is 18.2. The fourth-order valence-electron chi connectivity index (χ4n) is 2.84. The Morgan fingerprint density at radius 1 is 1.28 bits per heavy atom. The van der Waals surface area contributed by atoms with Crippen molar-refractivity contribution in [1.29, 1.82) is 0 Å². The summed E-state index contributed by atoms with van der Waals surface area (Å²) in [6.45, 7) is 8.43. The van der Waals surface area contributed by atoms with E-state index in [0.717, 1.165) is 38.2 Å². The number of benzene rings is 1. The molecule has 2 heterocycles. The summed E-state index contributed by atoms with van der Waals surface area (Å²) in [7, 11) is 1.71. The molecule has 0 saturated heterocycles. The van der Waals surface area contributed by atoms with Gasteiger partial charge in [-0.05, 0) is 36.1 Å². The van der Waals surface area contributed by atoms with Crippen molar-refractivity contribution in [3.8, 4) is 5.75 Å². The highest BCUT2D eigenvalue weighted by atomic mass is 32.1. The third kappa shape index (κ3) is 5.54. The molecule has 5 nitrogen and oxygen atoms in total. The van der Waals surface area contributed by atoms with Gasteiger partial charge in [-0.3, -0.25) is 9.69 Å². The molecule has 1 aromatic heterocycles. The molecule has 0 atom stereocenters. The molecule has 6 heteroatoms. The van der Waals surface area contributed by atoms with Gasteiger partial charge in [-0.15, -0.1) is 11.3 Å². The van der Waals surface area contributed by atoms with Crippen LogP contribution >= 0.6 is 11.3 Å². The van der Waals surface area contributed by atoms with Gasteiger partial charge >= 0.3 is 0 Å². The van der Waals surface area contributed by atoms with E-state index >= 15 is 0 Å². The second-order valence-electron chi connectivity index (χ2n) is 5.72. The van der Waals surface area contributed by atoms with E-state index in [1.54, 1.807) is 18.4 Å². The highest BCUT2D eigenvalue weighted by molar-refractivity contribution is 7.15. The highest BCUT2D eigenvalue weighted by Crippen LogP contribution is 2.24. The van der Waals surface area contributed by atoms with E-state index < -0.39 is 0 Å². The number of carbonyl (C=O) groups excluding carboxylic acids is 1. The first-order valence-corrected chi connectivity index (χ1v) is 9.56. The molecule has 1 aromatic carbocycles. The lowest BCUT2D eigenvalue weighted by Crippen LogP contribution is -2.25. The molecule has 0 unspecified atom stereocenters. The topological polar surface area (TPSA) is 54.5 Å².